The Morgan fingerprint density at radius 1 is 1.11 bits per heavy atom. The Kier molecular flexibility index (Phi) is 16.0. The van der Waals surface area contributed by atoms with Crippen LogP contribution >= 0.6 is 0 Å². The van der Waals surface area contributed by atoms with Gasteiger partial charge in [-0.15, -0.1) is 0 Å². The zero-order chi connectivity index (χ0) is 14.4. The van der Waals surface area contributed by atoms with Crippen molar-refractivity contribution in [1.29, 1.82) is 0 Å². The van der Waals surface area contributed by atoms with Crippen LogP contribution in [0, 0.1) is 18.8 Å². The Morgan fingerprint density at radius 3 is 2.06 bits per heavy atom. The summed E-state index contributed by atoms with van der Waals surface area (Å²) in [5, 5.41) is 0. The van der Waals surface area contributed by atoms with E-state index < -0.39 is 0 Å². The van der Waals surface area contributed by atoms with Crippen LogP contribution in [0.4, 0.5) is 0 Å². The molecule has 0 aliphatic heterocycles. The molecular weight excluding hydrogens is 224 g/mol. The summed E-state index contributed by atoms with van der Waals surface area (Å²) in [7, 11) is 0. The highest BCUT2D eigenvalue weighted by Crippen LogP contribution is 2.03. The van der Waals surface area contributed by atoms with Crippen LogP contribution in [0.25, 0.3) is 0 Å². The molecule has 0 aromatic carbocycles. The molecule has 0 N–H and O–H groups in total. The lowest BCUT2D eigenvalue weighted by molar-refractivity contribution is -0.144. The predicted octanol–water partition coefficient (Wildman–Crippen LogP) is 5.02. The number of hydrogen-bond acceptors (Lipinski definition) is 2. The molecule has 0 aromatic rings. The van der Waals surface area contributed by atoms with Crippen LogP contribution in [0.2, 0.25) is 0 Å². The average Bonchev–Trinajstić information content (AvgIpc) is 2.29. The van der Waals surface area contributed by atoms with Gasteiger partial charge in [-0.3, -0.25) is 4.79 Å². The summed E-state index contributed by atoms with van der Waals surface area (Å²) in [5.74, 6) is 1.35. The van der Waals surface area contributed by atoms with E-state index in [4.69, 9.17) is 4.74 Å². The topological polar surface area (TPSA) is 26.3 Å². The standard InChI is InChI=1S/C11H22O2.C5H11/c1-4-5-6-7-11(12)13-9-8-10(2)3;1-4-5(2)3/h10H,4-9H2,1-3H3;5H,1,4H2,2-3H3. The number of ether oxygens (including phenoxy) is 1. The summed E-state index contributed by atoms with van der Waals surface area (Å²) in [6.45, 7) is 15.0. The van der Waals surface area contributed by atoms with Crippen molar-refractivity contribution >= 4 is 5.97 Å². The number of unbranched alkanes of at least 4 members (excludes halogenated alkanes) is 2. The Labute approximate surface area is 114 Å². The molecule has 109 valence electrons. The molecule has 0 heterocycles. The van der Waals surface area contributed by atoms with Crippen molar-refractivity contribution in [2.24, 2.45) is 11.8 Å². The molecule has 1 radical (unpaired) electrons. The van der Waals surface area contributed by atoms with Crippen LogP contribution in [0.5, 0.6) is 0 Å². The highest BCUT2D eigenvalue weighted by atomic mass is 16.5. The zero-order valence-corrected chi connectivity index (χ0v) is 13.1. The van der Waals surface area contributed by atoms with Crippen LogP contribution in [0.1, 0.15) is 73.1 Å². The van der Waals surface area contributed by atoms with Gasteiger partial charge in [-0.25, -0.2) is 0 Å². The van der Waals surface area contributed by atoms with Crippen LogP contribution in [-0.2, 0) is 9.53 Å². The molecule has 0 spiro atoms. The van der Waals surface area contributed by atoms with E-state index >= 15 is 0 Å². The molecule has 0 bridgehead atoms. The van der Waals surface area contributed by atoms with Gasteiger partial charge < -0.3 is 4.74 Å². The fraction of sp³-hybridized carbons (Fsp3) is 0.875. The maximum absolute atomic E-state index is 11.1. The molecule has 0 amide bonds. The monoisotopic (exact) mass is 257 g/mol. The second-order valence-electron chi connectivity index (χ2n) is 5.54. The Balaban J connectivity index is 0. The van der Waals surface area contributed by atoms with E-state index in [9.17, 15) is 4.79 Å². The lowest BCUT2D eigenvalue weighted by Crippen LogP contribution is -2.07. The minimum atomic E-state index is -0.0332. The first-order chi connectivity index (χ1) is 8.43. The summed E-state index contributed by atoms with van der Waals surface area (Å²) in [6.07, 6.45) is 5.86. The molecule has 0 atom stereocenters. The largest absolute Gasteiger partial charge is 0.466 e. The molecule has 0 aromatic heterocycles. The third kappa shape index (κ3) is 20.8. The van der Waals surface area contributed by atoms with E-state index in [1.165, 1.54) is 0 Å². The van der Waals surface area contributed by atoms with Gasteiger partial charge in [-0.1, -0.05) is 60.8 Å². The van der Waals surface area contributed by atoms with Crippen molar-refractivity contribution in [2.75, 3.05) is 6.61 Å². The highest BCUT2D eigenvalue weighted by molar-refractivity contribution is 5.69. The van der Waals surface area contributed by atoms with Crippen molar-refractivity contribution in [3.63, 3.8) is 0 Å². The van der Waals surface area contributed by atoms with Crippen molar-refractivity contribution < 1.29 is 9.53 Å². The van der Waals surface area contributed by atoms with Crippen LogP contribution in [0.15, 0.2) is 0 Å². The lowest BCUT2D eigenvalue weighted by Gasteiger charge is -2.06. The molecule has 0 saturated carbocycles. The summed E-state index contributed by atoms with van der Waals surface area (Å²) >= 11 is 0. The number of carbonyl (C=O) groups is 1. The quantitative estimate of drug-likeness (QED) is 0.450. The van der Waals surface area contributed by atoms with Crippen molar-refractivity contribution in [3.8, 4) is 0 Å². The lowest BCUT2D eigenvalue weighted by atomic mass is 10.1. The molecule has 0 saturated heterocycles. The molecular formula is C16H33O2. The van der Waals surface area contributed by atoms with E-state index in [1.54, 1.807) is 0 Å². The van der Waals surface area contributed by atoms with Gasteiger partial charge in [-0.05, 0) is 24.7 Å². The molecule has 0 unspecified atom stereocenters. The minimum Gasteiger partial charge on any atom is -0.466 e. The highest BCUT2D eigenvalue weighted by Gasteiger charge is 2.02. The Hall–Kier alpha value is -0.530. The zero-order valence-electron chi connectivity index (χ0n) is 13.1. The number of hydrogen-bond donors (Lipinski definition) is 0. The van der Waals surface area contributed by atoms with E-state index in [0.29, 0.717) is 18.9 Å². The van der Waals surface area contributed by atoms with E-state index in [0.717, 1.165) is 38.0 Å². The minimum absolute atomic E-state index is 0.0332. The molecule has 0 fully saturated rings. The number of carbonyl (C=O) groups excluding carboxylic acids is 1. The van der Waals surface area contributed by atoms with E-state index in [-0.39, 0.29) is 5.97 Å². The maximum atomic E-state index is 11.1. The summed E-state index contributed by atoms with van der Waals surface area (Å²) in [5.41, 5.74) is 0. The first-order valence-electron chi connectivity index (χ1n) is 7.38. The normalized spacial score (nSPS) is 10.2. The molecule has 0 rings (SSSR count). The molecule has 2 heteroatoms. The third-order valence-corrected chi connectivity index (χ3v) is 2.52. The van der Waals surface area contributed by atoms with Gasteiger partial charge in [0.1, 0.15) is 0 Å². The fourth-order valence-corrected chi connectivity index (χ4v) is 1.000. The summed E-state index contributed by atoms with van der Waals surface area (Å²) < 4.78 is 5.06. The van der Waals surface area contributed by atoms with Gasteiger partial charge in [0.15, 0.2) is 0 Å². The van der Waals surface area contributed by atoms with Crippen molar-refractivity contribution in [3.05, 3.63) is 6.92 Å². The SMILES string of the molecule is CCCCCC(=O)OCCC(C)C.[CH2]CC(C)C. The second kappa shape index (κ2) is 14.5. The first-order valence-corrected chi connectivity index (χ1v) is 7.38. The third-order valence-electron chi connectivity index (χ3n) is 2.52. The van der Waals surface area contributed by atoms with Gasteiger partial charge in [-0.2, -0.15) is 0 Å². The molecule has 0 aliphatic rings. The van der Waals surface area contributed by atoms with Gasteiger partial charge in [0.2, 0.25) is 0 Å². The Morgan fingerprint density at radius 2 is 1.67 bits per heavy atom. The number of rotatable bonds is 8. The van der Waals surface area contributed by atoms with Gasteiger partial charge in [0.25, 0.3) is 0 Å². The average molecular weight is 257 g/mol. The van der Waals surface area contributed by atoms with E-state index in [1.807, 2.05) is 0 Å². The van der Waals surface area contributed by atoms with Gasteiger partial charge in [0, 0.05) is 6.42 Å². The van der Waals surface area contributed by atoms with E-state index in [2.05, 4.69) is 41.5 Å². The Bertz CT molecular complexity index is 174. The smallest absolute Gasteiger partial charge is 0.305 e. The molecule has 2 nitrogen and oxygen atoms in total. The maximum Gasteiger partial charge on any atom is 0.305 e. The number of esters is 1. The van der Waals surface area contributed by atoms with Crippen molar-refractivity contribution in [1.82, 2.24) is 0 Å². The van der Waals surface area contributed by atoms with Crippen molar-refractivity contribution in [2.45, 2.75) is 73.1 Å². The predicted molar refractivity (Wildman–Crippen MR) is 79.4 cm³/mol. The summed E-state index contributed by atoms with van der Waals surface area (Å²) in [6, 6.07) is 0. The second-order valence-corrected chi connectivity index (χ2v) is 5.54. The first kappa shape index (κ1) is 19.8. The fourth-order valence-electron chi connectivity index (χ4n) is 1.000. The van der Waals surface area contributed by atoms with Crippen LogP contribution in [-0.4, -0.2) is 12.6 Å². The van der Waals surface area contributed by atoms with Gasteiger partial charge >= 0.3 is 5.97 Å². The molecule has 0 aliphatic carbocycles. The summed E-state index contributed by atoms with van der Waals surface area (Å²) in [4.78, 5) is 11.1. The van der Waals surface area contributed by atoms with Crippen LogP contribution < -0.4 is 0 Å². The van der Waals surface area contributed by atoms with Crippen LogP contribution in [0.3, 0.4) is 0 Å². The van der Waals surface area contributed by atoms with Gasteiger partial charge in [0.05, 0.1) is 6.61 Å². The molecule has 18 heavy (non-hydrogen) atoms.